The molecule has 0 heterocycles. The number of carbonyl (C=O) groups is 2. The molecule has 0 spiro atoms. The number of amides is 3. The number of hydrogen-bond acceptors (Lipinski definition) is 3. The van der Waals surface area contributed by atoms with Crippen LogP contribution in [0.1, 0.15) is 10.4 Å². The molecule has 0 saturated carbocycles. The molecule has 0 bridgehead atoms. The van der Waals surface area contributed by atoms with Crippen LogP contribution in [0.4, 0.5) is 28.0 Å². The normalized spacial score (nSPS) is 11.4. The number of carbonyl (C=O) groups excluding carboxylic acids is 2. The summed E-state index contributed by atoms with van der Waals surface area (Å²) in [7, 11) is 0.964. The van der Waals surface area contributed by atoms with Gasteiger partial charge in [-0.2, -0.15) is 8.78 Å². The number of nitrogens with zero attached hydrogens (tertiary/aromatic N) is 1. The lowest BCUT2D eigenvalue weighted by Crippen LogP contribution is -2.37. The average Bonchev–Trinajstić information content (AvgIpc) is 2.63. The Labute approximate surface area is 187 Å². The third-order valence-corrected chi connectivity index (χ3v) is 4.60. The van der Waals surface area contributed by atoms with Crippen LogP contribution < -0.4 is 10.1 Å². The van der Waals surface area contributed by atoms with Crippen molar-refractivity contribution in [3.63, 3.8) is 0 Å². The molecule has 2 aromatic rings. The summed E-state index contributed by atoms with van der Waals surface area (Å²) < 4.78 is 58.9. The van der Waals surface area contributed by atoms with Crippen molar-refractivity contribution in [2.45, 2.75) is 10.9 Å². The molecule has 13 heteroatoms. The second-order valence-electron chi connectivity index (χ2n) is 5.62. The highest BCUT2D eigenvalue weighted by Gasteiger charge is 2.41. The molecule has 2 rings (SSSR count). The molecule has 30 heavy (non-hydrogen) atoms. The molecule has 0 aliphatic heterocycles. The van der Waals surface area contributed by atoms with E-state index in [1.807, 2.05) is 0 Å². The van der Waals surface area contributed by atoms with Gasteiger partial charge in [0.15, 0.2) is 5.75 Å². The maximum atomic E-state index is 13.7. The monoisotopic (exact) mass is 506 g/mol. The minimum Gasteiger partial charge on any atom is -0.427 e. The van der Waals surface area contributed by atoms with Crippen molar-refractivity contribution >= 4 is 64.0 Å². The van der Waals surface area contributed by atoms with Crippen molar-refractivity contribution in [3.8, 4) is 5.75 Å². The Kier molecular flexibility index (Phi) is 7.68. The Morgan fingerprint density at radius 3 is 2.07 bits per heavy atom. The molecule has 0 fully saturated rings. The van der Waals surface area contributed by atoms with Crippen molar-refractivity contribution < 1.29 is 31.9 Å². The van der Waals surface area contributed by atoms with Crippen LogP contribution >= 0.6 is 46.4 Å². The van der Waals surface area contributed by atoms with E-state index in [4.69, 9.17) is 46.4 Å². The van der Waals surface area contributed by atoms with Gasteiger partial charge in [-0.3, -0.25) is 9.69 Å². The predicted octanol–water partition coefficient (Wildman–Crippen LogP) is 6.35. The Morgan fingerprint density at radius 1 is 1.10 bits per heavy atom. The number of alkyl halides is 4. The molecule has 0 radical (unpaired) electrons. The largest absolute Gasteiger partial charge is 0.428 e. The number of rotatable bonds is 5. The Balaban J connectivity index is 2.22. The van der Waals surface area contributed by atoms with Gasteiger partial charge in [0, 0.05) is 12.7 Å². The first-order valence-electron chi connectivity index (χ1n) is 7.72. The highest BCUT2D eigenvalue weighted by Crippen LogP contribution is 2.40. The van der Waals surface area contributed by atoms with Crippen molar-refractivity contribution in [2.24, 2.45) is 0 Å². The zero-order valence-electron chi connectivity index (χ0n) is 14.7. The quantitative estimate of drug-likeness (QED) is 0.379. The summed E-state index contributed by atoms with van der Waals surface area (Å²) >= 11 is 21.9. The summed E-state index contributed by atoms with van der Waals surface area (Å²) in [5.74, 6) is -4.25. The Hall–Kier alpha value is -1.94. The summed E-state index contributed by atoms with van der Waals surface area (Å²) in [5, 5.41) is 1.30. The van der Waals surface area contributed by atoms with Gasteiger partial charge in [0.05, 0.1) is 10.0 Å². The number of anilines is 1. The van der Waals surface area contributed by atoms with E-state index in [0.29, 0.717) is 4.90 Å². The van der Waals surface area contributed by atoms with Crippen molar-refractivity contribution in [3.05, 3.63) is 57.6 Å². The van der Waals surface area contributed by atoms with E-state index in [-0.39, 0.29) is 5.69 Å². The van der Waals surface area contributed by atoms with Gasteiger partial charge < -0.3 is 10.1 Å². The molecule has 3 amide bonds. The molecule has 0 unspecified atom stereocenters. The maximum absolute atomic E-state index is 13.7. The van der Waals surface area contributed by atoms with Gasteiger partial charge >= 0.3 is 12.1 Å². The molecule has 0 aliphatic rings. The van der Waals surface area contributed by atoms with Gasteiger partial charge in [-0.15, -0.1) is 0 Å². The summed E-state index contributed by atoms with van der Waals surface area (Å²) in [6, 6.07) is 3.60. The van der Waals surface area contributed by atoms with E-state index >= 15 is 0 Å². The number of hydrogen-bond donors (Lipinski definition) is 1. The highest BCUT2D eigenvalue weighted by atomic mass is 35.5. The smallest absolute Gasteiger partial charge is 0.427 e. The first-order valence-corrected chi connectivity index (χ1v) is 9.35. The summed E-state index contributed by atoms with van der Waals surface area (Å²) in [6.07, 6.45) is -4.02. The van der Waals surface area contributed by atoms with Crippen LogP contribution in [0.5, 0.6) is 5.75 Å². The third-order valence-electron chi connectivity index (χ3n) is 3.53. The first-order chi connectivity index (χ1) is 13.8. The Bertz CT molecular complexity index is 948. The highest BCUT2D eigenvalue weighted by molar-refractivity contribution is 6.45. The van der Waals surface area contributed by atoms with Crippen LogP contribution in [0.25, 0.3) is 0 Å². The lowest BCUT2D eigenvalue weighted by Gasteiger charge is -2.21. The SMILES string of the molecule is CN(C(=O)Nc1cc(Cl)c(OC(F)(F)C(Cl)Cl)c(Cl)c1)C(=O)c1c(F)cccc1F. The summed E-state index contributed by atoms with van der Waals surface area (Å²) in [4.78, 5) is 22.7. The third kappa shape index (κ3) is 5.40. The minimum absolute atomic E-state index is 0.132. The minimum atomic E-state index is -4.02. The van der Waals surface area contributed by atoms with Gasteiger partial charge in [-0.05, 0) is 24.3 Å². The molecular weight excluding hydrogens is 498 g/mol. The van der Waals surface area contributed by atoms with E-state index in [0.717, 1.165) is 37.4 Å². The van der Waals surface area contributed by atoms with Gasteiger partial charge in [-0.25, -0.2) is 13.6 Å². The van der Waals surface area contributed by atoms with Crippen LogP contribution in [0.15, 0.2) is 30.3 Å². The van der Waals surface area contributed by atoms with Crippen LogP contribution in [0.2, 0.25) is 10.0 Å². The van der Waals surface area contributed by atoms with E-state index in [1.54, 1.807) is 0 Å². The van der Waals surface area contributed by atoms with Crippen LogP contribution in [0, 0.1) is 11.6 Å². The van der Waals surface area contributed by atoms with Crippen LogP contribution in [0.3, 0.4) is 0 Å². The van der Waals surface area contributed by atoms with E-state index in [1.165, 1.54) is 0 Å². The van der Waals surface area contributed by atoms with Crippen molar-refractivity contribution in [1.82, 2.24) is 4.90 Å². The van der Waals surface area contributed by atoms with Gasteiger partial charge in [-0.1, -0.05) is 52.5 Å². The number of urea groups is 1. The molecule has 0 atom stereocenters. The maximum Gasteiger partial charge on any atom is 0.428 e. The van der Waals surface area contributed by atoms with Gasteiger partial charge in [0.25, 0.3) is 5.91 Å². The van der Waals surface area contributed by atoms with Crippen LogP contribution in [-0.2, 0) is 0 Å². The van der Waals surface area contributed by atoms with Crippen LogP contribution in [-0.4, -0.2) is 34.8 Å². The molecular formula is C17H10Cl4F4N2O3. The number of nitrogens with one attached hydrogen (secondary N) is 1. The van der Waals surface area contributed by atoms with E-state index in [2.05, 4.69) is 10.1 Å². The van der Waals surface area contributed by atoms with E-state index < -0.39 is 55.9 Å². The standard InChI is InChI=1S/C17H10Cl4F4N2O3/c1-27(14(28)12-10(22)3-2-4-11(12)23)16(29)26-7-5-8(18)13(9(19)6-7)30-17(24,25)15(20)21/h2-6,15H,1H3,(H,26,29). The number of imide groups is 1. The van der Waals surface area contributed by atoms with E-state index in [9.17, 15) is 27.2 Å². The van der Waals surface area contributed by atoms with Crippen molar-refractivity contribution in [1.29, 1.82) is 0 Å². The molecule has 0 saturated heterocycles. The molecule has 2 aromatic carbocycles. The zero-order chi connectivity index (χ0) is 22.8. The zero-order valence-corrected chi connectivity index (χ0v) is 17.7. The van der Waals surface area contributed by atoms with Crippen molar-refractivity contribution in [2.75, 3.05) is 12.4 Å². The summed E-state index contributed by atoms with van der Waals surface area (Å²) in [6.45, 7) is 0. The number of ether oxygens (including phenoxy) is 1. The fourth-order valence-electron chi connectivity index (χ4n) is 2.08. The fraction of sp³-hybridized carbons (Fsp3) is 0.176. The predicted molar refractivity (Wildman–Crippen MR) is 105 cm³/mol. The first kappa shape index (κ1) is 24.3. The molecule has 1 N–H and O–H groups in total. The Morgan fingerprint density at radius 2 is 1.60 bits per heavy atom. The van der Waals surface area contributed by atoms with Gasteiger partial charge in [0.2, 0.25) is 4.84 Å². The fourth-order valence-corrected chi connectivity index (χ4v) is 2.73. The second kappa shape index (κ2) is 9.47. The molecule has 162 valence electrons. The second-order valence-corrected chi connectivity index (χ2v) is 7.54. The molecule has 0 aliphatic carbocycles. The van der Waals surface area contributed by atoms with Gasteiger partial charge in [0.1, 0.15) is 17.2 Å². The summed E-state index contributed by atoms with van der Waals surface area (Å²) in [5.41, 5.74) is -1.07. The molecule has 0 aromatic heterocycles. The number of halogens is 8. The molecule has 5 nitrogen and oxygen atoms in total. The topological polar surface area (TPSA) is 58.6 Å². The number of benzene rings is 2. The average molecular weight is 508 g/mol. The lowest BCUT2D eigenvalue weighted by atomic mass is 10.2. The lowest BCUT2D eigenvalue weighted by molar-refractivity contribution is -0.163.